The molecule has 0 spiro atoms. The molecule has 0 bridgehead atoms. The Kier molecular flexibility index (Phi) is 6.34. The molecule has 0 saturated heterocycles. The van der Waals surface area contributed by atoms with Gasteiger partial charge in [-0.25, -0.2) is 4.39 Å². The van der Waals surface area contributed by atoms with Crippen LogP contribution in [0.2, 0.25) is 0 Å². The van der Waals surface area contributed by atoms with Crippen LogP contribution >= 0.6 is 0 Å². The minimum absolute atomic E-state index is 1.21. The van der Waals surface area contributed by atoms with Gasteiger partial charge in [-0.15, -0.1) is 0 Å². The molecular weight excluding hydrogens is 425 g/mol. The lowest BCUT2D eigenvalue weighted by molar-refractivity contribution is -0.413. The molecule has 0 aliphatic carbocycles. The minimum Gasteiger partial charge on any atom is -0.433 e. The topological polar surface area (TPSA) is 18.5 Å². The van der Waals surface area contributed by atoms with Gasteiger partial charge in [0.2, 0.25) is 0 Å². The van der Waals surface area contributed by atoms with Gasteiger partial charge in [-0.05, 0) is 0 Å². The number of hydrogen-bond donors (Lipinski definition) is 0. The van der Waals surface area contributed by atoms with E-state index in [4.69, 9.17) is 0 Å². The standard InChI is InChI=1S/C9H3F15O2/c10-3(5(13,14)15)4(11,12)8(21,22)25-1-2-26-9(23,24)6(16,17)7(18,19)20/h1-3H. The molecule has 0 N–H and O–H groups in total. The molecule has 0 saturated carbocycles. The second-order valence-electron chi connectivity index (χ2n) is 4.14. The number of hydrogen-bond acceptors (Lipinski definition) is 2. The maximum absolute atomic E-state index is 12.7. The SMILES string of the molecule is FC(C(F)(F)F)C(F)(F)C(F)(F)OC=COC(F)(F)C(F)(F)C(F)(F)F. The zero-order chi connectivity index (χ0) is 21.4. The van der Waals surface area contributed by atoms with E-state index in [9.17, 15) is 65.9 Å². The largest absolute Gasteiger partial charge is 0.473 e. The summed E-state index contributed by atoms with van der Waals surface area (Å²) < 4.78 is 188. The fraction of sp³-hybridized carbons (Fsp3) is 0.778. The van der Waals surface area contributed by atoms with Crippen LogP contribution in [0.4, 0.5) is 65.9 Å². The van der Waals surface area contributed by atoms with E-state index in [0.717, 1.165) is 0 Å². The zero-order valence-electron chi connectivity index (χ0n) is 11.2. The Balaban J connectivity index is 5.19. The van der Waals surface area contributed by atoms with E-state index < -0.39 is 55.1 Å². The van der Waals surface area contributed by atoms with E-state index in [-0.39, 0.29) is 0 Å². The Morgan fingerprint density at radius 3 is 1.23 bits per heavy atom. The molecule has 17 heteroatoms. The Labute approximate surface area is 132 Å². The molecular formula is C9H3F15O2. The monoisotopic (exact) mass is 428 g/mol. The first-order valence-electron chi connectivity index (χ1n) is 5.40. The van der Waals surface area contributed by atoms with E-state index in [2.05, 4.69) is 9.47 Å². The van der Waals surface area contributed by atoms with Crippen LogP contribution < -0.4 is 0 Å². The highest BCUT2D eigenvalue weighted by Gasteiger charge is 2.75. The molecule has 0 aromatic rings. The Bertz CT molecular complexity index is 502. The van der Waals surface area contributed by atoms with Crippen LogP contribution in [0.15, 0.2) is 12.5 Å². The van der Waals surface area contributed by atoms with Crippen molar-refractivity contribution in [3.8, 4) is 0 Å². The summed E-state index contributed by atoms with van der Waals surface area (Å²) in [6.45, 7) is 0. The highest BCUT2D eigenvalue weighted by molar-refractivity contribution is 4.91. The van der Waals surface area contributed by atoms with E-state index in [1.165, 1.54) is 0 Å². The normalized spacial score (nSPS) is 16.7. The molecule has 0 rings (SSSR count). The summed E-state index contributed by atoms with van der Waals surface area (Å²) >= 11 is 0. The van der Waals surface area contributed by atoms with Crippen LogP contribution in [0.25, 0.3) is 0 Å². The summed E-state index contributed by atoms with van der Waals surface area (Å²) in [7, 11) is 0. The lowest BCUT2D eigenvalue weighted by Crippen LogP contribution is -2.54. The molecule has 0 heterocycles. The van der Waals surface area contributed by atoms with Crippen molar-refractivity contribution in [2.75, 3.05) is 0 Å². The summed E-state index contributed by atoms with van der Waals surface area (Å²) in [4.78, 5) is 0. The fourth-order valence-corrected chi connectivity index (χ4v) is 0.897. The number of ether oxygens (including phenoxy) is 2. The maximum Gasteiger partial charge on any atom is 0.473 e. The molecule has 0 aliphatic rings. The highest BCUT2D eigenvalue weighted by atomic mass is 19.4. The number of rotatable bonds is 7. The van der Waals surface area contributed by atoms with E-state index in [1.807, 2.05) is 0 Å². The summed E-state index contributed by atoms with van der Waals surface area (Å²) in [6.07, 6.45) is -34.2. The quantitative estimate of drug-likeness (QED) is 0.399. The third kappa shape index (κ3) is 4.72. The molecule has 156 valence electrons. The molecule has 0 radical (unpaired) electrons. The van der Waals surface area contributed by atoms with Gasteiger partial charge in [0.15, 0.2) is 0 Å². The Morgan fingerprint density at radius 2 is 0.923 bits per heavy atom. The van der Waals surface area contributed by atoms with Crippen LogP contribution in [-0.2, 0) is 9.47 Å². The van der Waals surface area contributed by atoms with E-state index in [1.54, 1.807) is 0 Å². The van der Waals surface area contributed by atoms with E-state index in [0.29, 0.717) is 0 Å². The smallest absolute Gasteiger partial charge is 0.433 e. The van der Waals surface area contributed by atoms with Gasteiger partial charge in [0.25, 0.3) is 6.17 Å². The Hall–Kier alpha value is -1.71. The molecule has 0 fully saturated rings. The summed E-state index contributed by atoms with van der Waals surface area (Å²) in [5.74, 6) is -13.5. The molecule has 0 aromatic heterocycles. The van der Waals surface area contributed by atoms with Crippen molar-refractivity contribution in [3.63, 3.8) is 0 Å². The molecule has 0 aliphatic heterocycles. The van der Waals surface area contributed by atoms with Gasteiger partial charge in [0.05, 0.1) is 0 Å². The number of alkyl halides is 15. The van der Waals surface area contributed by atoms with Crippen LogP contribution in [0.5, 0.6) is 0 Å². The molecule has 0 aromatic carbocycles. The van der Waals surface area contributed by atoms with Crippen molar-refractivity contribution in [1.82, 2.24) is 0 Å². The lowest BCUT2D eigenvalue weighted by atomic mass is 10.2. The predicted octanol–water partition coefficient (Wildman–Crippen LogP) is 5.41. The third-order valence-electron chi connectivity index (χ3n) is 2.20. The first kappa shape index (κ1) is 24.3. The van der Waals surface area contributed by atoms with Gasteiger partial charge < -0.3 is 9.47 Å². The van der Waals surface area contributed by atoms with Gasteiger partial charge in [0.1, 0.15) is 12.5 Å². The Morgan fingerprint density at radius 1 is 0.577 bits per heavy atom. The second kappa shape index (κ2) is 6.79. The third-order valence-corrected chi connectivity index (χ3v) is 2.20. The van der Waals surface area contributed by atoms with Gasteiger partial charge in [-0.2, -0.15) is 61.5 Å². The molecule has 26 heavy (non-hydrogen) atoms. The fourth-order valence-electron chi connectivity index (χ4n) is 0.897. The van der Waals surface area contributed by atoms with Crippen LogP contribution in [0.3, 0.4) is 0 Å². The molecule has 1 unspecified atom stereocenters. The zero-order valence-corrected chi connectivity index (χ0v) is 11.2. The highest BCUT2D eigenvalue weighted by Crippen LogP contribution is 2.47. The average molecular weight is 428 g/mol. The summed E-state index contributed by atoms with van der Waals surface area (Å²) in [5.41, 5.74) is 0. The first-order valence-corrected chi connectivity index (χ1v) is 5.40. The molecule has 1 atom stereocenters. The van der Waals surface area contributed by atoms with Crippen molar-refractivity contribution in [1.29, 1.82) is 0 Å². The van der Waals surface area contributed by atoms with Crippen molar-refractivity contribution >= 4 is 0 Å². The number of halogens is 15. The van der Waals surface area contributed by atoms with Gasteiger partial charge >= 0.3 is 36.4 Å². The minimum atomic E-state index is -6.89. The summed E-state index contributed by atoms with van der Waals surface area (Å²) in [5, 5.41) is 0. The summed E-state index contributed by atoms with van der Waals surface area (Å²) in [6, 6.07) is 0. The van der Waals surface area contributed by atoms with Gasteiger partial charge in [-0.3, -0.25) is 0 Å². The van der Waals surface area contributed by atoms with Crippen LogP contribution in [0, 0.1) is 0 Å². The molecule has 0 amide bonds. The average Bonchev–Trinajstić information content (AvgIpc) is 2.40. The van der Waals surface area contributed by atoms with Crippen LogP contribution in [0.1, 0.15) is 0 Å². The predicted molar refractivity (Wildman–Crippen MR) is 48.1 cm³/mol. The van der Waals surface area contributed by atoms with Crippen LogP contribution in [-0.4, -0.2) is 42.6 Å². The van der Waals surface area contributed by atoms with Gasteiger partial charge in [0, 0.05) is 0 Å². The van der Waals surface area contributed by atoms with Crippen molar-refractivity contribution in [3.05, 3.63) is 12.5 Å². The maximum atomic E-state index is 12.7. The first-order chi connectivity index (χ1) is 11.1. The van der Waals surface area contributed by atoms with Gasteiger partial charge in [-0.1, -0.05) is 0 Å². The van der Waals surface area contributed by atoms with Crippen molar-refractivity contribution in [2.24, 2.45) is 0 Å². The lowest BCUT2D eigenvalue weighted by Gasteiger charge is -2.28. The van der Waals surface area contributed by atoms with E-state index >= 15 is 0 Å². The molecule has 2 nitrogen and oxygen atoms in total. The second-order valence-corrected chi connectivity index (χ2v) is 4.14. The van der Waals surface area contributed by atoms with Crippen molar-refractivity contribution in [2.45, 2.75) is 42.6 Å². The van der Waals surface area contributed by atoms with Crippen molar-refractivity contribution < 1.29 is 75.3 Å².